The number of hydrogen-bond acceptors (Lipinski definition) is 2. The summed E-state index contributed by atoms with van der Waals surface area (Å²) < 4.78 is 39.0. The average molecular weight is 282 g/mol. The van der Waals surface area contributed by atoms with Gasteiger partial charge in [0, 0.05) is 37.8 Å². The highest BCUT2D eigenvalue weighted by Crippen LogP contribution is 2.29. The van der Waals surface area contributed by atoms with Crippen molar-refractivity contribution in [2.45, 2.75) is 19.0 Å². The largest absolute Gasteiger partial charge is 0.416 e. The van der Waals surface area contributed by atoms with Crippen molar-refractivity contribution in [3.63, 3.8) is 0 Å². The molecule has 3 nitrogen and oxygen atoms in total. The lowest BCUT2D eigenvalue weighted by molar-refractivity contribution is -0.137. The predicted molar refractivity (Wildman–Crippen MR) is 67.3 cm³/mol. The van der Waals surface area contributed by atoms with Crippen LogP contribution in [0.5, 0.6) is 0 Å². The van der Waals surface area contributed by atoms with Gasteiger partial charge in [-0.05, 0) is 12.1 Å². The quantitative estimate of drug-likeness (QED) is 0.807. The van der Waals surface area contributed by atoms with Crippen molar-refractivity contribution in [3.8, 4) is 0 Å². The molecule has 0 aliphatic rings. The third-order valence-corrected chi connectivity index (χ3v) is 3.03. The molecule has 1 aromatic heterocycles. The summed E-state index contributed by atoms with van der Waals surface area (Å²) in [6.45, 7) is 0. The minimum Gasteiger partial charge on any atom is -0.338 e. The lowest BCUT2D eigenvalue weighted by Gasteiger charge is -2.07. The molecule has 6 heteroatoms. The van der Waals surface area contributed by atoms with E-state index in [9.17, 15) is 18.0 Å². The van der Waals surface area contributed by atoms with E-state index >= 15 is 0 Å². The van der Waals surface area contributed by atoms with Gasteiger partial charge in [0.05, 0.1) is 5.56 Å². The van der Waals surface area contributed by atoms with Crippen LogP contribution >= 0.6 is 0 Å². The Kier molecular flexibility index (Phi) is 3.92. The summed E-state index contributed by atoms with van der Waals surface area (Å²) in [5.74, 6) is 0.576. The topological polar surface area (TPSA) is 34.9 Å². The smallest absolute Gasteiger partial charge is 0.338 e. The zero-order chi connectivity index (χ0) is 14.8. The molecule has 0 aliphatic heterocycles. The maximum absolute atomic E-state index is 12.4. The van der Waals surface area contributed by atoms with E-state index in [0.717, 1.165) is 18.0 Å². The molecule has 0 amide bonds. The molecule has 0 saturated heterocycles. The molecule has 2 rings (SSSR count). The lowest BCUT2D eigenvalue weighted by Crippen LogP contribution is -2.07. The fourth-order valence-corrected chi connectivity index (χ4v) is 1.85. The molecule has 1 aromatic carbocycles. The van der Waals surface area contributed by atoms with Gasteiger partial charge in [0.15, 0.2) is 5.78 Å². The van der Waals surface area contributed by atoms with Gasteiger partial charge in [-0.15, -0.1) is 0 Å². The molecule has 0 saturated carbocycles. The van der Waals surface area contributed by atoms with Gasteiger partial charge >= 0.3 is 6.18 Å². The number of halogens is 3. The number of Topliss-reactive ketones (excluding diaryl/α,β-unsaturated/α-hetero) is 1. The van der Waals surface area contributed by atoms with Crippen molar-refractivity contribution in [2.75, 3.05) is 0 Å². The zero-order valence-corrected chi connectivity index (χ0v) is 10.8. The Morgan fingerprint density at radius 3 is 2.40 bits per heavy atom. The van der Waals surface area contributed by atoms with Crippen LogP contribution in [0.15, 0.2) is 36.7 Å². The summed E-state index contributed by atoms with van der Waals surface area (Å²) in [5.41, 5.74) is -0.467. The third kappa shape index (κ3) is 3.26. The average Bonchev–Trinajstić information content (AvgIpc) is 2.81. The number of aromatic nitrogens is 2. The number of aryl methyl sites for hydroxylation is 2. The standard InChI is InChI=1S/C14H13F3N2O/c1-19-9-8-18-13(19)7-6-12(20)10-2-4-11(5-3-10)14(15,16)17/h2-5,8-9H,6-7H2,1H3. The van der Waals surface area contributed by atoms with Gasteiger partial charge in [0.25, 0.3) is 0 Å². The Bertz CT molecular complexity index is 600. The van der Waals surface area contributed by atoms with Crippen molar-refractivity contribution >= 4 is 5.78 Å². The van der Waals surface area contributed by atoms with Crippen LogP contribution < -0.4 is 0 Å². The summed E-state index contributed by atoms with van der Waals surface area (Å²) in [5, 5.41) is 0. The Hall–Kier alpha value is -2.11. The molecule has 0 N–H and O–H groups in total. The number of hydrogen-bond donors (Lipinski definition) is 0. The summed E-state index contributed by atoms with van der Waals surface area (Å²) in [6.07, 6.45) is -0.288. The van der Waals surface area contributed by atoms with E-state index in [2.05, 4.69) is 4.98 Å². The van der Waals surface area contributed by atoms with Crippen LogP contribution in [0.25, 0.3) is 0 Å². The first kappa shape index (κ1) is 14.3. The summed E-state index contributed by atoms with van der Waals surface area (Å²) >= 11 is 0. The van der Waals surface area contributed by atoms with E-state index in [4.69, 9.17) is 0 Å². The highest BCUT2D eigenvalue weighted by Gasteiger charge is 2.30. The molecule has 0 radical (unpaired) electrons. The fourth-order valence-electron chi connectivity index (χ4n) is 1.85. The summed E-state index contributed by atoms with van der Waals surface area (Å²) in [7, 11) is 1.82. The second kappa shape index (κ2) is 5.48. The van der Waals surface area contributed by atoms with Gasteiger partial charge in [-0.2, -0.15) is 13.2 Å². The van der Waals surface area contributed by atoms with Crippen molar-refractivity contribution in [1.29, 1.82) is 0 Å². The van der Waals surface area contributed by atoms with Crippen LogP contribution in [0.2, 0.25) is 0 Å². The van der Waals surface area contributed by atoms with Crippen LogP contribution in [-0.2, 0) is 19.6 Å². The molecule has 1 heterocycles. The van der Waals surface area contributed by atoms with Crippen LogP contribution in [0, 0.1) is 0 Å². The molecule has 0 atom stereocenters. The van der Waals surface area contributed by atoms with Crippen molar-refractivity contribution in [1.82, 2.24) is 9.55 Å². The Morgan fingerprint density at radius 2 is 1.90 bits per heavy atom. The highest BCUT2D eigenvalue weighted by molar-refractivity contribution is 5.96. The van der Waals surface area contributed by atoms with E-state index in [1.54, 1.807) is 17.0 Å². The van der Waals surface area contributed by atoms with E-state index in [-0.39, 0.29) is 17.8 Å². The van der Waals surface area contributed by atoms with Crippen LogP contribution in [0.4, 0.5) is 13.2 Å². The molecular formula is C14H13F3N2O. The van der Waals surface area contributed by atoms with E-state index in [0.29, 0.717) is 6.42 Å². The van der Waals surface area contributed by atoms with Crippen LogP contribution in [-0.4, -0.2) is 15.3 Å². The fraction of sp³-hybridized carbons (Fsp3) is 0.286. The number of benzene rings is 1. The number of carbonyl (C=O) groups is 1. The first-order chi connectivity index (χ1) is 9.38. The molecule has 0 aliphatic carbocycles. The van der Waals surface area contributed by atoms with Crippen molar-refractivity contribution < 1.29 is 18.0 Å². The zero-order valence-electron chi connectivity index (χ0n) is 10.8. The minimum absolute atomic E-state index is 0.193. The maximum Gasteiger partial charge on any atom is 0.416 e. The molecule has 0 bridgehead atoms. The second-order valence-electron chi connectivity index (χ2n) is 4.45. The van der Waals surface area contributed by atoms with Gasteiger partial charge in [-0.1, -0.05) is 12.1 Å². The monoisotopic (exact) mass is 282 g/mol. The van der Waals surface area contributed by atoms with Gasteiger partial charge in [0.2, 0.25) is 0 Å². The molecule has 20 heavy (non-hydrogen) atoms. The Morgan fingerprint density at radius 1 is 1.25 bits per heavy atom. The predicted octanol–water partition coefficient (Wildman–Crippen LogP) is 3.25. The van der Waals surface area contributed by atoms with Crippen molar-refractivity contribution in [2.24, 2.45) is 7.05 Å². The Balaban J connectivity index is 2.01. The number of carbonyl (C=O) groups excluding carboxylic acids is 1. The van der Waals surface area contributed by atoms with Crippen LogP contribution in [0.3, 0.4) is 0 Å². The summed E-state index contributed by atoms with van der Waals surface area (Å²) in [4.78, 5) is 16.0. The third-order valence-electron chi connectivity index (χ3n) is 3.03. The summed E-state index contributed by atoms with van der Waals surface area (Å²) in [6, 6.07) is 4.27. The van der Waals surface area contributed by atoms with Gasteiger partial charge in [0.1, 0.15) is 5.82 Å². The number of ketones is 1. The van der Waals surface area contributed by atoms with Crippen LogP contribution in [0.1, 0.15) is 28.2 Å². The number of rotatable bonds is 4. The number of imidazole rings is 1. The second-order valence-corrected chi connectivity index (χ2v) is 4.45. The maximum atomic E-state index is 12.4. The van der Waals surface area contributed by atoms with Gasteiger partial charge in [-0.3, -0.25) is 4.79 Å². The molecule has 0 spiro atoms. The highest BCUT2D eigenvalue weighted by atomic mass is 19.4. The number of alkyl halides is 3. The molecule has 106 valence electrons. The number of nitrogens with zero attached hydrogens (tertiary/aromatic N) is 2. The first-order valence-corrected chi connectivity index (χ1v) is 6.04. The van der Waals surface area contributed by atoms with E-state index in [1.165, 1.54) is 12.1 Å². The van der Waals surface area contributed by atoms with Gasteiger partial charge in [-0.25, -0.2) is 4.98 Å². The first-order valence-electron chi connectivity index (χ1n) is 6.04. The Labute approximate surface area is 114 Å². The normalized spacial score (nSPS) is 11.6. The van der Waals surface area contributed by atoms with Gasteiger partial charge < -0.3 is 4.57 Å². The SMILES string of the molecule is Cn1ccnc1CCC(=O)c1ccc(C(F)(F)F)cc1. The molecule has 0 unspecified atom stereocenters. The molecule has 0 fully saturated rings. The molecular weight excluding hydrogens is 269 g/mol. The van der Waals surface area contributed by atoms with E-state index in [1.807, 2.05) is 7.05 Å². The molecule has 2 aromatic rings. The van der Waals surface area contributed by atoms with Crippen molar-refractivity contribution in [3.05, 3.63) is 53.6 Å². The minimum atomic E-state index is -4.38. The van der Waals surface area contributed by atoms with E-state index < -0.39 is 11.7 Å². The lowest BCUT2D eigenvalue weighted by atomic mass is 10.0.